The molecule has 3 amide bonds. The average molecular weight is 510 g/mol. The zero-order valence-electron chi connectivity index (χ0n) is 18.9. The highest BCUT2D eigenvalue weighted by atomic mass is 35.5. The number of nitrogens with one attached hydrogen (secondary N) is 1. The SMILES string of the molecule is O=C(Nc1cccc2c1C(=O)N(CCC(=O)N1CCN(c3ccncc3)CC1)C2)c1ccc(Cl)s1. The fourth-order valence-electron chi connectivity index (χ4n) is 4.48. The number of aromatic nitrogens is 1. The van der Waals surface area contributed by atoms with Gasteiger partial charge in [0.1, 0.15) is 0 Å². The summed E-state index contributed by atoms with van der Waals surface area (Å²) in [4.78, 5) is 48.9. The van der Waals surface area contributed by atoms with Crippen molar-refractivity contribution < 1.29 is 14.4 Å². The minimum absolute atomic E-state index is 0.0474. The van der Waals surface area contributed by atoms with Gasteiger partial charge in [-0.2, -0.15) is 0 Å². The molecule has 8 nitrogen and oxygen atoms in total. The van der Waals surface area contributed by atoms with E-state index >= 15 is 0 Å². The third kappa shape index (κ3) is 5.01. The number of carbonyl (C=O) groups excluding carboxylic acids is 3. The van der Waals surface area contributed by atoms with Crippen molar-refractivity contribution in [1.82, 2.24) is 14.8 Å². The van der Waals surface area contributed by atoms with Crippen molar-refractivity contribution in [3.8, 4) is 0 Å². The first-order valence-corrected chi connectivity index (χ1v) is 12.6. The molecular weight excluding hydrogens is 486 g/mol. The lowest BCUT2D eigenvalue weighted by atomic mass is 10.1. The van der Waals surface area contributed by atoms with Crippen LogP contribution >= 0.6 is 22.9 Å². The van der Waals surface area contributed by atoms with E-state index in [-0.39, 0.29) is 24.1 Å². The van der Waals surface area contributed by atoms with Crippen molar-refractivity contribution in [2.45, 2.75) is 13.0 Å². The second-order valence-electron chi connectivity index (χ2n) is 8.45. The van der Waals surface area contributed by atoms with E-state index in [1.807, 2.05) is 29.2 Å². The van der Waals surface area contributed by atoms with Crippen LogP contribution in [-0.4, -0.2) is 65.2 Å². The number of hydrogen-bond acceptors (Lipinski definition) is 6. The zero-order valence-corrected chi connectivity index (χ0v) is 20.5. The number of thiophene rings is 1. The minimum Gasteiger partial charge on any atom is -0.368 e. The van der Waals surface area contributed by atoms with Gasteiger partial charge in [-0.15, -0.1) is 11.3 Å². The molecule has 5 rings (SSSR count). The van der Waals surface area contributed by atoms with Crippen molar-refractivity contribution in [1.29, 1.82) is 0 Å². The number of benzene rings is 1. The summed E-state index contributed by atoms with van der Waals surface area (Å²) < 4.78 is 0.527. The van der Waals surface area contributed by atoms with Gasteiger partial charge >= 0.3 is 0 Å². The molecule has 0 atom stereocenters. The third-order valence-corrected chi connectivity index (χ3v) is 7.54. The number of anilines is 2. The smallest absolute Gasteiger partial charge is 0.265 e. The van der Waals surface area contributed by atoms with E-state index < -0.39 is 0 Å². The summed E-state index contributed by atoms with van der Waals surface area (Å²) in [5.41, 5.74) is 2.91. The predicted molar refractivity (Wildman–Crippen MR) is 136 cm³/mol. The maximum Gasteiger partial charge on any atom is 0.265 e. The normalized spacial score (nSPS) is 15.3. The number of halogens is 1. The minimum atomic E-state index is -0.303. The number of fused-ring (bicyclic) bond motifs is 1. The fraction of sp³-hybridized carbons (Fsp3) is 0.280. The lowest BCUT2D eigenvalue weighted by molar-refractivity contribution is -0.131. The van der Waals surface area contributed by atoms with Crippen LogP contribution in [-0.2, 0) is 11.3 Å². The summed E-state index contributed by atoms with van der Waals surface area (Å²) in [5.74, 6) is -0.427. The van der Waals surface area contributed by atoms with Crippen LogP contribution in [0.15, 0.2) is 54.9 Å². The molecule has 4 heterocycles. The van der Waals surface area contributed by atoms with E-state index in [0.717, 1.165) is 24.3 Å². The quantitative estimate of drug-likeness (QED) is 0.547. The molecule has 0 unspecified atom stereocenters. The molecular formula is C25H24ClN5O3S. The molecule has 1 fully saturated rings. The Labute approximate surface area is 212 Å². The Kier molecular flexibility index (Phi) is 6.70. The van der Waals surface area contributed by atoms with Gasteiger partial charge in [0.25, 0.3) is 11.8 Å². The number of hydrogen-bond donors (Lipinski definition) is 1. The van der Waals surface area contributed by atoms with Gasteiger partial charge < -0.3 is 20.0 Å². The number of carbonyl (C=O) groups is 3. The summed E-state index contributed by atoms with van der Waals surface area (Å²) >= 11 is 7.12. The molecule has 0 aliphatic carbocycles. The maximum absolute atomic E-state index is 13.1. The first kappa shape index (κ1) is 23.3. The molecule has 2 aliphatic rings. The number of piperazine rings is 1. The van der Waals surface area contributed by atoms with E-state index in [1.54, 1.807) is 35.5 Å². The Morgan fingerprint density at radius 3 is 2.51 bits per heavy atom. The Balaban J connectivity index is 1.16. The topological polar surface area (TPSA) is 85.8 Å². The molecule has 0 radical (unpaired) electrons. The van der Waals surface area contributed by atoms with E-state index in [0.29, 0.717) is 46.6 Å². The van der Waals surface area contributed by atoms with Crippen molar-refractivity contribution >= 4 is 52.0 Å². The largest absolute Gasteiger partial charge is 0.368 e. The number of pyridine rings is 1. The fourth-order valence-corrected chi connectivity index (χ4v) is 5.42. The van der Waals surface area contributed by atoms with Gasteiger partial charge in [0, 0.05) is 63.8 Å². The Bertz CT molecular complexity index is 1260. The van der Waals surface area contributed by atoms with Gasteiger partial charge in [-0.1, -0.05) is 23.7 Å². The third-order valence-electron chi connectivity index (χ3n) is 6.31. The molecule has 35 heavy (non-hydrogen) atoms. The average Bonchev–Trinajstić information content (AvgIpc) is 3.46. The summed E-state index contributed by atoms with van der Waals surface area (Å²) in [6.45, 7) is 3.60. The second kappa shape index (κ2) is 10.1. The van der Waals surface area contributed by atoms with Crippen LogP contribution in [0.4, 0.5) is 11.4 Å². The van der Waals surface area contributed by atoms with Gasteiger partial charge in [0.15, 0.2) is 0 Å². The molecule has 0 bridgehead atoms. The van der Waals surface area contributed by atoms with Crippen LogP contribution in [0.25, 0.3) is 0 Å². The molecule has 0 spiro atoms. The first-order chi connectivity index (χ1) is 17.0. The van der Waals surface area contributed by atoms with Crippen LogP contribution in [0.1, 0.15) is 32.0 Å². The molecule has 10 heteroatoms. The summed E-state index contributed by atoms with van der Waals surface area (Å²) in [7, 11) is 0. The van der Waals surface area contributed by atoms with Gasteiger partial charge in [-0.3, -0.25) is 19.4 Å². The van der Waals surface area contributed by atoms with Gasteiger partial charge in [0.2, 0.25) is 5.91 Å². The monoisotopic (exact) mass is 509 g/mol. The van der Waals surface area contributed by atoms with E-state index in [9.17, 15) is 14.4 Å². The highest BCUT2D eigenvalue weighted by Crippen LogP contribution is 2.31. The Morgan fingerprint density at radius 1 is 1.03 bits per heavy atom. The van der Waals surface area contributed by atoms with Gasteiger partial charge in [0.05, 0.1) is 20.5 Å². The van der Waals surface area contributed by atoms with Crippen LogP contribution < -0.4 is 10.2 Å². The predicted octanol–water partition coefficient (Wildman–Crippen LogP) is 3.74. The van der Waals surface area contributed by atoms with Gasteiger partial charge in [-0.25, -0.2) is 0 Å². The molecule has 2 aromatic heterocycles. The molecule has 0 saturated carbocycles. The number of amides is 3. The summed E-state index contributed by atoms with van der Waals surface area (Å²) in [6.07, 6.45) is 3.81. The maximum atomic E-state index is 13.1. The van der Waals surface area contributed by atoms with E-state index in [1.165, 1.54) is 11.3 Å². The van der Waals surface area contributed by atoms with E-state index in [4.69, 9.17) is 11.6 Å². The number of nitrogens with zero attached hydrogens (tertiary/aromatic N) is 4. The standard InChI is InChI=1S/C25H24ClN5O3S/c26-21-5-4-20(35-21)24(33)28-19-3-1-2-17-16-31(25(34)23(17)19)11-8-22(32)30-14-12-29(13-15-30)18-6-9-27-10-7-18/h1-7,9-10H,8,11-16H2,(H,28,33). The van der Waals surface area contributed by atoms with Crippen LogP contribution in [0.2, 0.25) is 4.34 Å². The summed E-state index contributed by atoms with van der Waals surface area (Å²) in [6, 6.07) is 12.7. The lowest BCUT2D eigenvalue weighted by Crippen LogP contribution is -2.49. The number of rotatable bonds is 6. The van der Waals surface area contributed by atoms with Crippen molar-refractivity contribution in [2.75, 3.05) is 42.9 Å². The van der Waals surface area contributed by atoms with Crippen LogP contribution in [0, 0.1) is 0 Å². The summed E-state index contributed by atoms with van der Waals surface area (Å²) in [5, 5.41) is 2.84. The Morgan fingerprint density at radius 2 is 1.80 bits per heavy atom. The zero-order chi connectivity index (χ0) is 24.4. The highest BCUT2D eigenvalue weighted by Gasteiger charge is 2.31. The highest BCUT2D eigenvalue weighted by molar-refractivity contribution is 7.18. The van der Waals surface area contributed by atoms with Crippen molar-refractivity contribution in [3.63, 3.8) is 0 Å². The first-order valence-electron chi connectivity index (χ1n) is 11.4. The molecule has 1 saturated heterocycles. The van der Waals surface area contributed by atoms with Crippen LogP contribution in [0.5, 0.6) is 0 Å². The lowest BCUT2D eigenvalue weighted by Gasteiger charge is -2.36. The molecule has 3 aromatic rings. The Hall–Kier alpha value is -3.43. The molecule has 1 N–H and O–H groups in total. The molecule has 1 aromatic carbocycles. The second-order valence-corrected chi connectivity index (χ2v) is 10.2. The van der Waals surface area contributed by atoms with Gasteiger partial charge in [-0.05, 0) is 35.9 Å². The van der Waals surface area contributed by atoms with E-state index in [2.05, 4.69) is 15.2 Å². The van der Waals surface area contributed by atoms with Crippen LogP contribution in [0.3, 0.4) is 0 Å². The van der Waals surface area contributed by atoms with Crippen molar-refractivity contribution in [3.05, 3.63) is 75.2 Å². The van der Waals surface area contributed by atoms with Crippen molar-refractivity contribution in [2.24, 2.45) is 0 Å². The molecule has 180 valence electrons. The molecule has 2 aliphatic heterocycles.